The number of piperazine rings is 1. The van der Waals surface area contributed by atoms with E-state index >= 15 is 4.39 Å². The number of fused-ring (bicyclic) bond motifs is 3. The molecule has 0 saturated carbocycles. The van der Waals surface area contributed by atoms with E-state index in [1.54, 1.807) is 30.6 Å². The molecule has 3 aromatic heterocycles. The lowest BCUT2D eigenvalue weighted by Crippen LogP contribution is -2.72. The number of hydrogen-bond donors (Lipinski definition) is 0. The monoisotopic (exact) mass is 752 g/mol. The molecule has 0 N–H and O–H groups in total. The van der Waals surface area contributed by atoms with Gasteiger partial charge in [-0.1, -0.05) is 35.9 Å². The van der Waals surface area contributed by atoms with Crippen molar-refractivity contribution in [2.75, 3.05) is 57.4 Å². The van der Waals surface area contributed by atoms with Gasteiger partial charge in [-0.2, -0.15) is 9.97 Å². The Balaban J connectivity index is 1.000. The second-order valence-corrected chi connectivity index (χ2v) is 15.6. The largest absolute Gasteiger partial charge is 0.461 e. The zero-order chi connectivity index (χ0) is 36.6. The van der Waals surface area contributed by atoms with Crippen LogP contribution in [0, 0.1) is 18.6 Å². The van der Waals surface area contributed by atoms with E-state index in [1.165, 1.54) is 6.07 Å². The van der Waals surface area contributed by atoms with Crippen molar-refractivity contribution >= 4 is 45.2 Å². The van der Waals surface area contributed by atoms with E-state index in [-0.39, 0.29) is 45.7 Å². The molecule has 5 fully saturated rings. The molecule has 2 unspecified atom stereocenters. The van der Waals surface area contributed by atoms with Crippen LogP contribution < -0.4 is 9.64 Å². The summed E-state index contributed by atoms with van der Waals surface area (Å²) in [5.74, 6) is 0.0467. The molecule has 1 spiro atoms. The quantitative estimate of drug-likeness (QED) is 0.169. The lowest BCUT2D eigenvalue weighted by atomic mass is 9.91. The minimum absolute atomic E-state index is 0.0309. The van der Waals surface area contributed by atoms with Crippen LogP contribution in [-0.2, 0) is 9.47 Å². The molecule has 0 amide bonds. The summed E-state index contributed by atoms with van der Waals surface area (Å²) >= 11 is 6.48. The van der Waals surface area contributed by atoms with E-state index in [0.29, 0.717) is 67.0 Å². The van der Waals surface area contributed by atoms with Crippen LogP contribution in [0.3, 0.4) is 0 Å². The van der Waals surface area contributed by atoms with Gasteiger partial charge in [-0.3, -0.25) is 14.8 Å². The second-order valence-electron chi connectivity index (χ2n) is 15.2. The van der Waals surface area contributed by atoms with Gasteiger partial charge in [-0.25, -0.2) is 18.7 Å². The molecule has 14 heteroatoms. The average Bonchev–Trinajstić information content (AvgIpc) is 3.66. The Bertz CT molecular complexity index is 2320. The summed E-state index contributed by atoms with van der Waals surface area (Å²) in [7, 11) is 0. The van der Waals surface area contributed by atoms with Crippen molar-refractivity contribution in [3.8, 4) is 17.3 Å². The first-order valence-corrected chi connectivity index (χ1v) is 19.0. The first-order chi connectivity index (χ1) is 26.3. The zero-order valence-electron chi connectivity index (χ0n) is 29.8. The van der Waals surface area contributed by atoms with E-state index in [9.17, 15) is 4.39 Å². The Labute approximate surface area is 315 Å². The van der Waals surface area contributed by atoms with E-state index in [0.717, 1.165) is 50.3 Å². The van der Waals surface area contributed by atoms with Crippen LogP contribution in [0.4, 0.5) is 14.6 Å². The van der Waals surface area contributed by atoms with Crippen molar-refractivity contribution in [1.29, 1.82) is 0 Å². The van der Waals surface area contributed by atoms with E-state index in [1.807, 2.05) is 31.2 Å². The number of benzene rings is 2. The lowest BCUT2D eigenvalue weighted by molar-refractivity contribution is -0.155. The Morgan fingerprint density at radius 2 is 1.85 bits per heavy atom. The average molecular weight is 753 g/mol. The topological polar surface area (TPSA) is 105 Å². The first-order valence-electron chi connectivity index (χ1n) is 18.6. The van der Waals surface area contributed by atoms with Gasteiger partial charge >= 0.3 is 6.01 Å². The van der Waals surface area contributed by atoms with Gasteiger partial charge in [-0.05, 0) is 75.4 Å². The summed E-state index contributed by atoms with van der Waals surface area (Å²) in [5.41, 5.74) is 0.970. The minimum atomic E-state index is -0.643. The van der Waals surface area contributed by atoms with Gasteiger partial charge < -0.3 is 19.1 Å². The molecule has 5 aliphatic rings. The summed E-state index contributed by atoms with van der Waals surface area (Å²) in [6.07, 6.45) is 11.6. The number of halogens is 3. The van der Waals surface area contributed by atoms with Gasteiger partial charge in [0.1, 0.15) is 47.6 Å². The molecule has 54 heavy (non-hydrogen) atoms. The molecular weight excluding hydrogens is 714 g/mol. The van der Waals surface area contributed by atoms with Gasteiger partial charge in [0, 0.05) is 43.0 Å². The highest BCUT2D eigenvalue weighted by Crippen LogP contribution is 2.43. The number of ether oxygens (including phenoxy) is 3. The maximum absolute atomic E-state index is 17.0. The Kier molecular flexibility index (Phi) is 8.29. The number of anilines is 1. The van der Waals surface area contributed by atoms with Gasteiger partial charge in [0.15, 0.2) is 5.82 Å². The van der Waals surface area contributed by atoms with E-state index in [4.69, 9.17) is 35.8 Å². The normalized spacial score (nSPS) is 23.4. The number of nitrogens with zero attached hydrogens (tertiary/aromatic N) is 8. The van der Waals surface area contributed by atoms with Crippen LogP contribution >= 0.6 is 11.6 Å². The molecule has 5 aromatic rings. The molecule has 278 valence electrons. The molecule has 0 bridgehead atoms. The summed E-state index contributed by atoms with van der Waals surface area (Å²) in [5, 5.41) is 1.45. The van der Waals surface area contributed by atoms with Gasteiger partial charge in [0.05, 0.1) is 40.4 Å². The summed E-state index contributed by atoms with van der Waals surface area (Å²) in [6.45, 7) is 7.35. The standard InChI is InChI=1S/C40H39ClF2N8O3/c1-24-44-14-11-26(46-24)8-10-30-37(54-30)51-18-17-49(20-40(51)21-52-22-40)36-28-19-45-34(27-6-2-5-25-7-9-29(42)32(41)31(25)27)33(43)35(28)47-38(48-36)53-23-39-12-3-15-50(39)16-4-13-39/h2,5-11,14,19,30,37H,3-4,12-13,15-18,20-23H2,1H3/b10-8+. The Hall–Kier alpha value is -4.40. The molecule has 0 aliphatic carbocycles. The lowest BCUT2D eigenvalue weighted by Gasteiger charge is -2.55. The fourth-order valence-corrected chi connectivity index (χ4v) is 9.39. The van der Waals surface area contributed by atoms with Crippen LogP contribution in [0.25, 0.3) is 39.0 Å². The highest BCUT2D eigenvalue weighted by molar-refractivity contribution is 6.36. The van der Waals surface area contributed by atoms with E-state index < -0.39 is 11.6 Å². The maximum atomic E-state index is 17.0. The first kappa shape index (κ1) is 34.1. The van der Waals surface area contributed by atoms with Crippen LogP contribution in [0.5, 0.6) is 6.01 Å². The maximum Gasteiger partial charge on any atom is 0.319 e. The summed E-state index contributed by atoms with van der Waals surface area (Å²) < 4.78 is 50.2. The molecule has 5 aliphatic heterocycles. The minimum Gasteiger partial charge on any atom is -0.461 e. The third-order valence-electron chi connectivity index (χ3n) is 11.9. The van der Waals surface area contributed by atoms with Crippen LogP contribution in [0.15, 0.2) is 54.9 Å². The SMILES string of the molecule is Cc1nccc(/C=C/C2OC2N2CCN(c3nc(OCC45CCCN4CCC5)nc4c(F)c(-c5cccc6ccc(F)c(Cl)c56)ncc34)CC23COC3)n1. The second kappa shape index (κ2) is 13.1. The van der Waals surface area contributed by atoms with Crippen LogP contribution in [0.2, 0.25) is 5.02 Å². The molecule has 10 rings (SSSR count). The van der Waals surface area contributed by atoms with Gasteiger partial charge in [0.25, 0.3) is 0 Å². The van der Waals surface area contributed by atoms with Crippen molar-refractivity contribution in [3.05, 3.63) is 83.0 Å². The van der Waals surface area contributed by atoms with E-state index in [2.05, 4.69) is 29.7 Å². The highest BCUT2D eigenvalue weighted by atomic mass is 35.5. The number of aryl methyl sites for hydroxylation is 1. The van der Waals surface area contributed by atoms with Crippen molar-refractivity contribution < 1.29 is 23.0 Å². The molecule has 2 aromatic carbocycles. The Morgan fingerprint density at radius 1 is 1.00 bits per heavy atom. The third-order valence-corrected chi connectivity index (χ3v) is 12.3. The summed E-state index contributed by atoms with van der Waals surface area (Å²) in [4.78, 5) is 30.1. The fraction of sp³-hybridized carbons (Fsp3) is 0.425. The molecule has 2 atom stereocenters. The Morgan fingerprint density at radius 3 is 2.65 bits per heavy atom. The molecule has 0 radical (unpaired) electrons. The van der Waals surface area contributed by atoms with Gasteiger partial charge in [0.2, 0.25) is 0 Å². The van der Waals surface area contributed by atoms with Crippen LogP contribution in [0.1, 0.15) is 37.2 Å². The third kappa shape index (κ3) is 5.71. The predicted octanol–water partition coefficient (Wildman–Crippen LogP) is 6.21. The highest BCUT2D eigenvalue weighted by Gasteiger charge is 2.57. The number of aromatic nitrogens is 5. The predicted molar refractivity (Wildman–Crippen MR) is 200 cm³/mol. The molecule has 5 saturated heterocycles. The zero-order valence-corrected chi connectivity index (χ0v) is 30.6. The smallest absolute Gasteiger partial charge is 0.319 e. The number of rotatable bonds is 8. The summed E-state index contributed by atoms with van der Waals surface area (Å²) in [6, 6.07) is 10.2. The van der Waals surface area contributed by atoms with Gasteiger partial charge in [-0.15, -0.1) is 0 Å². The van der Waals surface area contributed by atoms with Crippen LogP contribution in [-0.4, -0.2) is 111 Å². The number of epoxide rings is 1. The number of hydrogen-bond acceptors (Lipinski definition) is 11. The number of pyridine rings is 1. The fourth-order valence-electron chi connectivity index (χ4n) is 9.11. The van der Waals surface area contributed by atoms with Crippen molar-refractivity contribution in [2.45, 2.75) is 56.0 Å². The molecule has 8 heterocycles. The van der Waals surface area contributed by atoms with Crippen molar-refractivity contribution in [2.24, 2.45) is 0 Å². The van der Waals surface area contributed by atoms with Crippen molar-refractivity contribution in [3.63, 3.8) is 0 Å². The molecular formula is C40H39ClF2N8O3. The van der Waals surface area contributed by atoms with Crippen molar-refractivity contribution in [1.82, 2.24) is 34.7 Å². The molecule has 11 nitrogen and oxygen atoms in total.